The lowest BCUT2D eigenvalue weighted by atomic mass is 10.1. The Morgan fingerprint density at radius 2 is 1.78 bits per heavy atom. The van der Waals surface area contributed by atoms with Crippen molar-refractivity contribution in [2.75, 3.05) is 31.1 Å². The highest BCUT2D eigenvalue weighted by molar-refractivity contribution is 7.19. The zero-order valence-electron chi connectivity index (χ0n) is 19.1. The first kappa shape index (κ1) is 21.4. The van der Waals surface area contributed by atoms with Crippen molar-refractivity contribution in [1.82, 2.24) is 14.9 Å². The number of thiophene rings is 1. The van der Waals surface area contributed by atoms with Crippen LogP contribution in [0.5, 0.6) is 0 Å². The van der Waals surface area contributed by atoms with E-state index in [-0.39, 0.29) is 5.91 Å². The van der Waals surface area contributed by atoms with Gasteiger partial charge in [0.1, 0.15) is 16.5 Å². The summed E-state index contributed by atoms with van der Waals surface area (Å²) < 4.78 is 0. The fourth-order valence-corrected chi connectivity index (χ4v) is 6.11. The van der Waals surface area contributed by atoms with Gasteiger partial charge in [-0.15, -0.1) is 11.3 Å². The molecule has 168 valence electrons. The average Bonchev–Trinajstić information content (AvgIpc) is 3.03. The Bertz CT molecular complexity index is 1100. The summed E-state index contributed by atoms with van der Waals surface area (Å²) in [6, 6.07) is 9.62. The minimum atomic E-state index is 0.128. The van der Waals surface area contributed by atoms with Gasteiger partial charge < -0.3 is 9.80 Å². The van der Waals surface area contributed by atoms with Crippen LogP contribution >= 0.6 is 11.3 Å². The van der Waals surface area contributed by atoms with E-state index < -0.39 is 0 Å². The molecule has 32 heavy (non-hydrogen) atoms. The molecule has 1 aliphatic carbocycles. The standard InChI is InChI=1S/C26H32N4OS/c1-3-18(2)23-27-24(22-20-12-8-5-9-13-21(20)32-25(22)28-23)29-14-16-30(17-15-29)26(31)19-10-6-4-7-11-19/h4,6-7,10-11,18H,3,5,8-9,12-17H2,1-2H3/t18-/m1/s1. The summed E-state index contributed by atoms with van der Waals surface area (Å²) in [5, 5.41) is 1.29. The molecular weight excluding hydrogens is 416 g/mol. The lowest BCUT2D eigenvalue weighted by Crippen LogP contribution is -2.49. The number of hydrogen-bond donors (Lipinski definition) is 0. The lowest BCUT2D eigenvalue weighted by molar-refractivity contribution is 0.0746. The third-order valence-electron chi connectivity index (χ3n) is 7.00. The Kier molecular flexibility index (Phi) is 6.13. The van der Waals surface area contributed by atoms with E-state index >= 15 is 0 Å². The molecule has 2 aliphatic rings. The summed E-state index contributed by atoms with van der Waals surface area (Å²) in [4.78, 5) is 30.2. The first-order valence-corrected chi connectivity index (χ1v) is 12.9. The van der Waals surface area contributed by atoms with E-state index in [9.17, 15) is 4.79 Å². The van der Waals surface area contributed by atoms with Crippen LogP contribution in [0.25, 0.3) is 10.2 Å². The van der Waals surface area contributed by atoms with E-state index in [2.05, 4.69) is 18.7 Å². The van der Waals surface area contributed by atoms with Crippen molar-refractivity contribution in [3.05, 3.63) is 52.2 Å². The molecule has 2 aromatic heterocycles. The third kappa shape index (κ3) is 4.01. The molecule has 3 aromatic rings. The number of benzene rings is 1. The molecule has 0 spiro atoms. The maximum Gasteiger partial charge on any atom is 0.253 e. The second-order valence-electron chi connectivity index (χ2n) is 9.10. The highest BCUT2D eigenvalue weighted by Crippen LogP contribution is 2.40. The van der Waals surface area contributed by atoms with Crippen molar-refractivity contribution in [2.45, 2.75) is 58.3 Å². The van der Waals surface area contributed by atoms with E-state index in [1.807, 2.05) is 46.6 Å². The number of anilines is 1. The van der Waals surface area contributed by atoms with Crippen LogP contribution in [-0.2, 0) is 12.8 Å². The van der Waals surface area contributed by atoms with Crippen LogP contribution in [0.2, 0.25) is 0 Å². The number of fused-ring (bicyclic) bond motifs is 3. The molecule has 1 aliphatic heterocycles. The van der Waals surface area contributed by atoms with Gasteiger partial charge in [0.05, 0.1) is 5.39 Å². The Hall–Kier alpha value is -2.47. The summed E-state index contributed by atoms with van der Waals surface area (Å²) in [6.07, 6.45) is 7.19. The predicted octanol–water partition coefficient (Wildman–Crippen LogP) is 5.44. The SMILES string of the molecule is CC[C@@H](C)c1nc(N2CCN(C(=O)c3ccccc3)CC2)c2c3c(sc2n1)CCCCC3. The van der Waals surface area contributed by atoms with Crippen molar-refractivity contribution < 1.29 is 4.79 Å². The number of piperazine rings is 1. The van der Waals surface area contributed by atoms with Crippen LogP contribution in [0, 0.1) is 0 Å². The number of aryl methyl sites for hydroxylation is 2. The van der Waals surface area contributed by atoms with Crippen molar-refractivity contribution in [1.29, 1.82) is 0 Å². The first-order chi connectivity index (χ1) is 15.7. The van der Waals surface area contributed by atoms with Crippen LogP contribution in [0.15, 0.2) is 30.3 Å². The van der Waals surface area contributed by atoms with E-state index in [1.165, 1.54) is 46.3 Å². The third-order valence-corrected chi connectivity index (χ3v) is 8.19. The normalized spacial score (nSPS) is 17.8. The minimum absolute atomic E-state index is 0.128. The molecule has 6 heteroatoms. The molecule has 5 nitrogen and oxygen atoms in total. The smallest absolute Gasteiger partial charge is 0.253 e. The number of rotatable bonds is 4. The van der Waals surface area contributed by atoms with Gasteiger partial charge >= 0.3 is 0 Å². The van der Waals surface area contributed by atoms with Gasteiger partial charge in [0.15, 0.2) is 0 Å². The lowest BCUT2D eigenvalue weighted by Gasteiger charge is -2.36. The second-order valence-corrected chi connectivity index (χ2v) is 10.2. The van der Waals surface area contributed by atoms with Gasteiger partial charge in [-0.2, -0.15) is 0 Å². The Morgan fingerprint density at radius 1 is 1.03 bits per heavy atom. The monoisotopic (exact) mass is 448 g/mol. The van der Waals surface area contributed by atoms with Crippen molar-refractivity contribution in [3.63, 3.8) is 0 Å². The molecule has 1 saturated heterocycles. The number of amides is 1. The molecule has 0 bridgehead atoms. The first-order valence-electron chi connectivity index (χ1n) is 12.1. The van der Waals surface area contributed by atoms with Crippen LogP contribution in [0.1, 0.15) is 72.1 Å². The number of carbonyl (C=O) groups excluding carboxylic acids is 1. The fraction of sp³-hybridized carbons (Fsp3) is 0.500. The highest BCUT2D eigenvalue weighted by Gasteiger charge is 2.28. The zero-order chi connectivity index (χ0) is 22.1. The quantitative estimate of drug-likeness (QED) is 0.499. The van der Waals surface area contributed by atoms with Crippen LogP contribution in [-0.4, -0.2) is 47.0 Å². The molecule has 1 atom stereocenters. The molecule has 3 heterocycles. The number of aromatic nitrogens is 2. The van der Waals surface area contributed by atoms with E-state index in [0.717, 1.165) is 56.2 Å². The van der Waals surface area contributed by atoms with Gasteiger partial charge in [0.2, 0.25) is 0 Å². The topological polar surface area (TPSA) is 49.3 Å². The Labute approximate surface area is 194 Å². The summed E-state index contributed by atoms with van der Waals surface area (Å²) in [6.45, 7) is 7.51. The van der Waals surface area contributed by atoms with Gasteiger partial charge in [0.25, 0.3) is 5.91 Å². The summed E-state index contributed by atoms with van der Waals surface area (Å²) in [5.74, 6) is 2.55. The van der Waals surface area contributed by atoms with Crippen molar-refractivity contribution >= 4 is 33.3 Å². The molecule has 1 fully saturated rings. The zero-order valence-corrected chi connectivity index (χ0v) is 20.0. The largest absolute Gasteiger partial charge is 0.352 e. The molecule has 0 saturated carbocycles. The second kappa shape index (κ2) is 9.18. The average molecular weight is 449 g/mol. The molecule has 5 rings (SSSR count). The van der Waals surface area contributed by atoms with Crippen molar-refractivity contribution in [3.8, 4) is 0 Å². The Morgan fingerprint density at radius 3 is 2.53 bits per heavy atom. The molecular formula is C26H32N4OS. The number of hydrogen-bond acceptors (Lipinski definition) is 5. The number of nitrogens with zero attached hydrogens (tertiary/aromatic N) is 4. The maximum absolute atomic E-state index is 12.9. The van der Waals surface area contributed by atoms with Gasteiger partial charge in [-0.1, -0.05) is 38.5 Å². The van der Waals surface area contributed by atoms with Crippen molar-refractivity contribution in [2.24, 2.45) is 0 Å². The molecule has 0 unspecified atom stereocenters. The van der Waals surface area contributed by atoms with Gasteiger partial charge in [-0.25, -0.2) is 9.97 Å². The van der Waals surface area contributed by atoms with Gasteiger partial charge in [-0.05, 0) is 49.8 Å². The molecule has 1 amide bonds. The summed E-state index contributed by atoms with van der Waals surface area (Å²) in [5.41, 5.74) is 2.27. The highest BCUT2D eigenvalue weighted by atomic mass is 32.1. The summed E-state index contributed by atoms with van der Waals surface area (Å²) >= 11 is 1.89. The van der Waals surface area contributed by atoms with E-state index in [0.29, 0.717) is 5.92 Å². The van der Waals surface area contributed by atoms with Gasteiger partial charge in [0, 0.05) is 42.5 Å². The predicted molar refractivity (Wildman–Crippen MR) is 132 cm³/mol. The van der Waals surface area contributed by atoms with Crippen LogP contribution < -0.4 is 4.90 Å². The molecule has 1 aromatic carbocycles. The summed E-state index contributed by atoms with van der Waals surface area (Å²) in [7, 11) is 0. The fourth-order valence-electron chi connectivity index (χ4n) is 4.85. The van der Waals surface area contributed by atoms with Crippen LogP contribution in [0.4, 0.5) is 5.82 Å². The van der Waals surface area contributed by atoms with E-state index in [1.54, 1.807) is 0 Å². The van der Waals surface area contributed by atoms with Crippen LogP contribution in [0.3, 0.4) is 0 Å². The minimum Gasteiger partial charge on any atom is -0.352 e. The molecule has 0 N–H and O–H groups in total. The Balaban J connectivity index is 1.46. The number of carbonyl (C=O) groups is 1. The maximum atomic E-state index is 12.9. The molecule has 0 radical (unpaired) electrons. The van der Waals surface area contributed by atoms with E-state index in [4.69, 9.17) is 9.97 Å². The van der Waals surface area contributed by atoms with Gasteiger partial charge in [-0.3, -0.25) is 4.79 Å².